The van der Waals surface area contributed by atoms with Crippen molar-refractivity contribution in [1.82, 2.24) is 15.0 Å². The minimum absolute atomic E-state index is 0.165. The number of nitrogens with one attached hydrogen (secondary N) is 2. The molecular weight excluding hydrogens is 286 g/mol. The van der Waals surface area contributed by atoms with E-state index in [0.717, 1.165) is 16.5 Å². The van der Waals surface area contributed by atoms with Crippen molar-refractivity contribution in [1.29, 1.82) is 0 Å². The van der Waals surface area contributed by atoms with E-state index in [-0.39, 0.29) is 5.56 Å². The summed E-state index contributed by atoms with van der Waals surface area (Å²) in [5, 5.41) is 1.61. The molecule has 0 amide bonds. The lowest BCUT2D eigenvalue weighted by Crippen LogP contribution is -2.11. The molecule has 4 N–H and O–H groups in total. The van der Waals surface area contributed by atoms with E-state index < -0.39 is 0 Å². The van der Waals surface area contributed by atoms with Gasteiger partial charge in [0.2, 0.25) is 0 Å². The quantitative estimate of drug-likeness (QED) is 0.295. The highest BCUT2D eigenvalue weighted by Crippen LogP contribution is 2.25. The van der Waals surface area contributed by atoms with Gasteiger partial charge < -0.3 is 10.4 Å². The van der Waals surface area contributed by atoms with Crippen LogP contribution in [-0.4, -0.2) is 15.0 Å². The summed E-state index contributed by atoms with van der Waals surface area (Å²) in [7, 11) is 0. The van der Waals surface area contributed by atoms with Crippen LogP contribution in [0.25, 0.3) is 10.9 Å². The van der Waals surface area contributed by atoms with Crippen molar-refractivity contribution in [3.63, 3.8) is 0 Å². The van der Waals surface area contributed by atoms with Crippen molar-refractivity contribution in [2.75, 3.05) is 5.43 Å². The normalized spacial score (nSPS) is 10.7. The maximum Gasteiger partial charge on any atom is 0.251 e. The molecule has 21 heavy (non-hydrogen) atoms. The Labute approximate surface area is 124 Å². The molecule has 1 aromatic carbocycles. The van der Waals surface area contributed by atoms with Gasteiger partial charge in [0.25, 0.3) is 5.56 Å². The molecule has 2 aromatic heterocycles. The van der Waals surface area contributed by atoms with Gasteiger partial charge in [-0.2, -0.15) is 0 Å². The number of para-hydroxylation sites is 1. The molecule has 2 heterocycles. The second-order valence-electron chi connectivity index (χ2n) is 4.36. The number of thioether (sulfide) groups is 1. The van der Waals surface area contributed by atoms with E-state index in [1.807, 2.05) is 30.3 Å². The molecule has 0 atom stereocenters. The number of hydrazine groups is 1. The zero-order chi connectivity index (χ0) is 14.7. The molecular formula is C14H13N5OS. The highest BCUT2D eigenvalue weighted by atomic mass is 32.2. The Balaban J connectivity index is 1.90. The fourth-order valence-electron chi connectivity index (χ4n) is 1.97. The Kier molecular flexibility index (Phi) is 3.85. The van der Waals surface area contributed by atoms with Gasteiger partial charge in [-0.3, -0.25) is 4.79 Å². The number of nitrogens with two attached hydrogens (primary N) is 1. The van der Waals surface area contributed by atoms with Gasteiger partial charge in [-0.1, -0.05) is 30.0 Å². The van der Waals surface area contributed by atoms with Crippen LogP contribution in [0.4, 0.5) is 5.82 Å². The number of H-pyrrole nitrogens is 1. The predicted molar refractivity (Wildman–Crippen MR) is 84.0 cm³/mol. The number of rotatable bonds is 4. The van der Waals surface area contributed by atoms with E-state index in [0.29, 0.717) is 16.7 Å². The van der Waals surface area contributed by atoms with Gasteiger partial charge in [-0.25, -0.2) is 15.8 Å². The zero-order valence-corrected chi connectivity index (χ0v) is 11.9. The molecule has 3 aromatic rings. The molecule has 0 bridgehead atoms. The molecule has 0 aliphatic carbocycles. The minimum Gasteiger partial charge on any atom is -0.308 e. The Morgan fingerprint density at radius 3 is 2.95 bits per heavy atom. The van der Waals surface area contributed by atoms with Crippen LogP contribution in [0.2, 0.25) is 0 Å². The van der Waals surface area contributed by atoms with Crippen LogP contribution in [0.15, 0.2) is 52.5 Å². The zero-order valence-electron chi connectivity index (χ0n) is 11.0. The summed E-state index contributed by atoms with van der Waals surface area (Å²) in [6.45, 7) is 0. The third-order valence-corrected chi connectivity index (χ3v) is 3.89. The number of hydrogen-bond donors (Lipinski definition) is 3. The Hall–Kier alpha value is -2.38. The van der Waals surface area contributed by atoms with Gasteiger partial charge in [0.05, 0.1) is 5.52 Å². The lowest BCUT2D eigenvalue weighted by atomic mass is 10.1. The third kappa shape index (κ3) is 3.04. The molecule has 0 saturated heterocycles. The summed E-state index contributed by atoms with van der Waals surface area (Å²) in [6, 6.07) is 11.2. The van der Waals surface area contributed by atoms with Crippen molar-refractivity contribution in [3.05, 3.63) is 58.5 Å². The van der Waals surface area contributed by atoms with Crippen LogP contribution in [0.5, 0.6) is 0 Å². The number of fused-ring (bicyclic) bond motifs is 1. The van der Waals surface area contributed by atoms with Crippen molar-refractivity contribution in [3.8, 4) is 0 Å². The van der Waals surface area contributed by atoms with Gasteiger partial charge in [0.15, 0.2) is 5.16 Å². The van der Waals surface area contributed by atoms with Gasteiger partial charge in [0.1, 0.15) is 5.82 Å². The highest BCUT2D eigenvalue weighted by Gasteiger charge is 2.07. The molecule has 0 saturated carbocycles. The lowest BCUT2D eigenvalue weighted by Gasteiger charge is -2.09. The first-order valence-electron chi connectivity index (χ1n) is 6.29. The molecule has 7 heteroatoms. The van der Waals surface area contributed by atoms with E-state index in [1.54, 1.807) is 0 Å². The summed E-state index contributed by atoms with van der Waals surface area (Å²) < 4.78 is 0. The molecule has 3 rings (SSSR count). The molecule has 0 aliphatic rings. The van der Waals surface area contributed by atoms with E-state index >= 15 is 0 Å². The second kappa shape index (κ2) is 5.94. The average molecular weight is 299 g/mol. The molecule has 0 unspecified atom stereocenters. The number of pyridine rings is 1. The highest BCUT2D eigenvalue weighted by molar-refractivity contribution is 7.98. The topological polar surface area (TPSA) is 96.7 Å². The van der Waals surface area contributed by atoms with Crippen LogP contribution in [0.3, 0.4) is 0 Å². The van der Waals surface area contributed by atoms with E-state index in [9.17, 15) is 4.79 Å². The maximum absolute atomic E-state index is 11.2. The van der Waals surface area contributed by atoms with Crippen LogP contribution in [0, 0.1) is 0 Å². The molecule has 0 aliphatic heterocycles. The minimum atomic E-state index is -0.165. The van der Waals surface area contributed by atoms with Crippen molar-refractivity contribution >= 4 is 28.5 Å². The average Bonchev–Trinajstić information content (AvgIpc) is 2.52. The monoisotopic (exact) mass is 299 g/mol. The van der Waals surface area contributed by atoms with Crippen LogP contribution in [0.1, 0.15) is 5.56 Å². The smallest absolute Gasteiger partial charge is 0.251 e. The van der Waals surface area contributed by atoms with Crippen LogP contribution < -0.4 is 16.8 Å². The van der Waals surface area contributed by atoms with E-state index in [4.69, 9.17) is 5.84 Å². The Morgan fingerprint density at radius 2 is 2.14 bits per heavy atom. The van der Waals surface area contributed by atoms with Gasteiger partial charge in [0, 0.05) is 29.0 Å². The Morgan fingerprint density at radius 1 is 1.29 bits per heavy atom. The second-order valence-corrected chi connectivity index (χ2v) is 5.33. The SMILES string of the molecule is NNc1nc2ccccc2cc1CSc1nccc(=O)[nH]1. The number of anilines is 1. The van der Waals surface area contributed by atoms with E-state index in [2.05, 4.69) is 20.4 Å². The Bertz CT molecular complexity index is 833. The molecule has 6 nitrogen and oxygen atoms in total. The number of hydrogen-bond acceptors (Lipinski definition) is 6. The first-order valence-corrected chi connectivity index (χ1v) is 7.28. The summed E-state index contributed by atoms with van der Waals surface area (Å²) in [6.07, 6.45) is 1.49. The number of aromatic nitrogens is 3. The largest absolute Gasteiger partial charge is 0.308 e. The number of nitrogen functional groups attached to an aromatic ring is 1. The molecule has 0 spiro atoms. The van der Waals surface area contributed by atoms with Gasteiger partial charge in [-0.05, 0) is 12.1 Å². The molecule has 106 valence electrons. The standard InChI is InChI=1S/C14H13N5OS/c15-19-13-10(7-9-3-1-2-4-11(9)17-13)8-21-14-16-6-5-12(20)18-14/h1-7H,8,15H2,(H,17,19)(H,16,18,20). The fourth-order valence-corrected chi connectivity index (χ4v) is 2.79. The van der Waals surface area contributed by atoms with Gasteiger partial charge in [-0.15, -0.1) is 0 Å². The molecule has 0 fully saturated rings. The first-order chi connectivity index (χ1) is 10.3. The van der Waals surface area contributed by atoms with Gasteiger partial charge >= 0.3 is 0 Å². The first kappa shape index (κ1) is 13.6. The summed E-state index contributed by atoms with van der Waals surface area (Å²) in [5.74, 6) is 6.77. The summed E-state index contributed by atoms with van der Waals surface area (Å²) in [4.78, 5) is 22.5. The third-order valence-electron chi connectivity index (χ3n) is 2.95. The van der Waals surface area contributed by atoms with Crippen molar-refractivity contribution < 1.29 is 0 Å². The number of nitrogens with zero attached hydrogens (tertiary/aromatic N) is 2. The lowest BCUT2D eigenvalue weighted by molar-refractivity contribution is 0.936. The molecule has 0 radical (unpaired) electrons. The predicted octanol–water partition coefficient (Wildman–Crippen LogP) is 1.90. The maximum atomic E-state index is 11.2. The van der Waals surface area contributed by atoms with Crippen molar-refractivity contribution in [2.24, 2.45) is 5.84 Å². The number of aromatic amines is 1. The van der Waals surface area contributed by atoms with E-state index in [1.165, 1.54) is 24.0 Å². The summed E-state index contributed by atoms with van der Waals surface area (Å²) in [5.41, 5.74) is 4.28. The van der Waals surface area contributed by atoms with Crippen LogP contribution in [-0.2, 0) is 5.75 Å². The summed E-state index contributed by atoms with van der Waals surface area (Å²) >= 11 is 1.42. The van der Waals surface area contributed by atoms with Crippen LogP contribution >= 0.6 is 11.8 Å². The fraction of sp³-hybridized carbons (Fsp3) is 0.0714. The number of benzene rings is 1. The van der Waals surface area contributed by atoms with Crippen molar-refractivity contribution in [2.45, 2.75) is 10.9 Å².